The second-order valence-corrected chi connectivity index (χ2v) is 6.47. The Hall–Kier alpha value is -3.61. The largest absolute Gasteiger partial charge is 0.496 e. The summed E-state index contributed by atoms with van der Waals surface area (Å²) in [5.74, 6) is -0.552. The molecule has 3 N–H and O–H groups in total. The van der Waals surface area contributed by atoms with E-state index >= 15 is 0 Å². The third kappa shape index (κ3) is 3.59. The molecule has 0 aliphatic rings. The van der Waals surface area contributed by atoms with Gasteiger partial charge in [0.25, 0.3) is 5.91 Å². The Morgan fingerprint density at radius 1 is 1.18 bits per heavy atom. The molecule has 28 heavy (non-hydrogen) atoms. The maximum absolute atomic E-state index is 12.5. The number of anilines is 1. The fourth-order valence-corrected chi connectivity index (χ4v) is 3.16. The molecular weight excluding hydrogens is 360 g/mol. The second kappa shape index (κ2) is 7.56. The first-order valence-corrected chi connectivity index (χ1v) is 8.61. The summed E-state index contributed by atoms with van der Waals surface area (Å²) in [4.78, 5) is 36.5. The maximum Gasteiger partial charge on any atom is 0.340 e. The number of rotatable bonds is 5. The Labute approximate surface area is 161 Å². The molecular formula is C21H20N2O5. The van der Waals surface area contributed by atoms with Gasteiger partial charge in [-0.3, -0.25) is 9.59 Å². The van der Waals surface area contributed by atoms with E-state index in [-0.39, 0.29) is 23.2 Å². The molecule has 0 unspecified atom stereocenters. The summed E-state index contributed by atoms with van der Waals surface area (Å²) < 4.78 is 10.8. The quantitative estimate of drug-likeness (QED) is 0.661. The molecule has 0 saturated carbocycles. The molecule has 0 spiro atoms. The molecule has 3 aromatic rings. The van der Waals surface area contributed by atoms with Crippen LogP contribution >= 0.6 is 0 Å². The molecule has 7 heteroatoms. The van der Waals surface area contributed by atoms with Gasteiger partial charge in [0.2, 0.25) is 5.91 Å². The molecule has 0 aliphatic carbocycles. The van der Waals surface area contributed by atoms with E-state index in [1.807, 2.05) is 13.0 Å². The third-order valence-corrected chi connectivity index (χ3v) is 4.51. The Balaban J connectivity index is 1.99. The Morgan fingerprint density at radius 2 is 1.89 bits per heavy atom. The van der Waals surface area contributed by atoms with Crippen molar-refractivity contribution in [1.29, 1.82) is 0 Å². The van der Waals surface area contributed by atoms with Crippen LogP contribution in [0.4, 0.5) is 5.69 Å². The zero-order chi connectivity index (χ0) is 20.4. The van der Waals surface area contributed by atoms with Crippen LogP contribution in [0, 0.1) is 13.8 Å². The van der Waals surface area contributed by atoms with Crippen molar-refractivity contribution < 1.29 is 18.7 Å². The smallest absolute Gasteiger partial charge is 0.340 e. The molecule has 0 aliphatic heterocycles. The summed E-state index contributed by atoms with van der Waals surface area (Å²) in [6.07, 6.45) is -0.214. The first-order chi connectivity index (χ1) is 13.3. The van der Waals surface area contributed by atoms with Crippen LogP contribution in [0.2, 0.25) is 0 Å². The van der Waals surface area contributed by atoms with Crippen molar-refractivity contribution in [3.8, 4) is 5.75 Å². The number of amides is 2. The van der Waals surface area contributed by atoms with E-state index in [4.69, 9.17) is 14.9 Å². The highest BCUT2D eigenvalue weighted by atomic mass is 16.5. The number of benzene rings is 2. The fraction of sp³-hybridized carbons (Fsp3) is 0.190. The zero-order valence-corrected chi connectivity index (χ0v) is 15.8. The Kier molecular flexibility index (Phi) is 5.17. The normalized spacial score (nSPS) is 10.7. The number of hydrogen-bond acceptors (Lipinski definition) is 5. The van der Waals surface area contributed by atoms with Gasteiger partial charge in [-0.25, -0.2) is 4.79 Å². The van der Waals surface area contributed by atoms with Crippen molar-refractivity contribution in [3.63, 3.8) is 0 Å². The molecule has 0 bridgehead atoms. The minimum absolute atomic E-state index is 0.190. The highest BCUT2D eigenvalue weighted by Crippen LogP contribution is 2.31. The number of para-hydroxylation sites is 1. The summed E-state index contributed by atoms with van der Waals surface area (Å²) in [7, 11) is 1.53. The summed E-state index contributed by atoms with van der Waals surface area (Å²) in [6, 6.07) is 9.98. The predicted octanol–water partition coefficient (Wildman–Crippen LogP) is 2.70. The number of ether oxygens (including phenoxy) is 1. The molecule has 0 radical (unpaired) electrons. The molecule has 144 valence electrons. The van der Waals surface area contributed by atoms with Gasteiger partial charge in [-0.05, 0) is 49.2 Å². The first-order valence-electron chi connectivity index (χ1n) is 8.61. The molecule has 0 fully saturated rings. The summed E-state index contributed by atoms with van der Waals surface area (Å²) in [5.41, 5.74) is 7.35. The van der Waals surface area contributed by atoms with Gasteiger partial charge in [-0.2, -0.15) is 0 Å². The summed E-state index contributed by atoms with van der Waals surface area (Å²) >= 11 is 0. The highest BCUT2D eigenvalue weighted by molar-refractivity contribution is 6.03. The van der Waals surface area contributed by atoms with Crippen LogP contribution in [0.15, 0.2) is 45.6 Å². The van der Waals surface area contributed by atoms with Gasteiger partial charge in [-0.15, -0.1) is 0 Å². The van der Waals surface area contributed by atoms with Crippen LogP contribution < -0.4 is 21.4 Å². The first kappa shape index (κ1) is 19.2. The van der Waals surface area contributed by atoms with Gasteiger partial charge in [-0.1, -0.05) is 12.1 Å². The van der Waals surface area contributed by atoms with Gasteiger partial charge in [0.15, 0.2) is 0 Å². The number of methoxy groups -OCH3 is 1. The third-order valence-electron chi connectivity index (χ3n) is 4.51. The number of aryl methyl sites for hydroxylation is 2. The molecule has 1 aromatic heterocycles. The van der Waals surface area contributed by atoms with Gasteiger partial charge >= 0.3 is 5.63 Å². The van der Waals surface area contributed by atoms with Crippen LogP contribution in [-0.4, -0.2) is 18.9 Å². The molecule has 3 rings (SSSR count). The molecule has 0 atom stereocenters. The maximum atomic E-state index is 12.5. The van der Waals surface area contributed by atoms with Gasteiger partial charge in [0.1, 0.15) is 11.3 Å². The summed E-state index contributed by atoms with van der Waals surface area (Å²) in [6.45, 7) is 3.62. The SMILES string of the molecule is COc1cc(C)cc2oc(=O)c(CC(=O)Nc3ccccc3C(N)=O)c(C)c12. The lowest BCUT2D eigenvalue weighted by Gasteiger charge is -2.13. The lowest BCUT2D eigenvalue weighted by atomic mass is 10.0. The number of fused-ring (bicyclic) bond motifs is 1. The molecule has 2 amide bonds. The minimum atomic E-state index is -0.655. The van der Waals surface area contributed by atoms with Crippen LogP contribution in [-0.2, 0) is 11.2 Å². The van der Waals surface area contributed by atoms with Crippen LogP contribution in [0.5, 0.6) is 5.75 Å². The zero-order valence-electron chi connectivity index (χ0n) is 15.8. The average Bonchev–Trinajstić information content (AvgIpc) is 2.64. The van der Waals surface area contributed by atoms with Gasteiger partial charge < -0.3 is 20.2 Å². The topological polar surface area (TPSA) is 112 Å². The average molecular weight is 380 g/mol. The Bertz CT molecular complexity index is 1150. The molecule has 2 aromatic carbocycles. The monoisotopic (exact) mass is 380 g/mol. The van der Waals surface area contributed by atoms with E-state index in [1.54, 1.807) is 31.2 Å². The van der Waals surface area contributed by atoms with Crippen molar-refractivity contribution in [3.05, 3.63) is 69.1 Å². The van der Waals surface area contributed by atoms with E-state index < -0.39 is 17.4 Å². The van der Waals surface area contributed by atoms with Crippen LogP contribution in [0.1, 0.15) is 27.0 Å². The second-order valence-electron chi connectivity index (χ2n) is 6.47. The lowest BCUT2D eigenvalue weighted by molar-refractivity contribution is -0.115. The van der Waals surface area contributed by atoms with E-state index in [2.05, 4.69) is 5.32 Å². The molecule has 1 heterocycles. The fourth-order valence-electron chi connectivity index (χ4n) is 3.16. The summed E-state index contributed by atoms with van der Waals surface area (Å²) in [5, 5.41) is 3.28. The standard InChI is InChI=1S/C21H20N2O5/c1-11-8-16(27-3)19-12(2)14(21(26)28-17(19)9-11)10-18(24)23-15-7-5-4-6-13(15)20(22)25/h4-9H,10H2,1-3H3,(H2,22,25)(H,23,24). The van der Waals surface area contributed by atoms with Crippen molar-refractivity contribution in [2.24, 2.45) is 5.73 Å². The van der Waals surface area contributed by atoms with Crippen LogP contribution in [0.3, 0.4) is 0 Å². The van der Waals surface area contributed by atoms with Gasteiger partial charge in [0, 0.05) is 0 Å². The Morgan fingerprint density at radius 3 is 2.57 bits per heavy atom. The van der Waals surface area contributed by atoms with E-state index in [0.717, 1.165) is 5.56 Å². The van der Waals surface area contributed by atoms with Crippen molar-refractivity contribution in [1.82, 2.24) is 0 Å². The number of carbonyl (C=O) groups is 2. The predicted molar refractivity (Wildman–Crippen MR) is 106 cm³/mol. The highest BCUT2D eigenvalue weighted by Gasteiger charge is 2.19. The van der Waals surface area contributed by atoms with Crippen molar-refractivity contribution in [2.75, 3.05) is 12.4 Å². The minimum Gasteiger partial charge on any atom is -0.496 e. The number of carbonyl (C=O) groups excluding carboxylic acids is 2. The number of primary amides is 1. The number of hydrogen-bond donors (Lipinski definition) is 2. The van der Waals surface area contributed by atoms with E-state index in [9.17, 15) is 14.4 Å². The van der Waals surface area contributed by atoms with Crippen molar-refractivity contribution >= 4 is 28.5 Å². The van der Waals surface area contributed by atoms with Crippen LogP contribution in [0.25, 0.3) is 11.0 Å². The number of nitrogens with one attached hydrogen (secondary N) is 1. The molecule has 0 saturated heterocycles. The van der Waals surface area contributed by atoms with E-state index in [1.165, 1.54) is 13.2 Å². The van der Waals surface area contributed by atoms with Gasteiger partial charge in [0.05, 0.1) is 35.7 Å². The van der Waals surface area contributed by atoms with Crippen molar-refractivity contribution in [2.45, 2.75) is 20.3 Å². The number of nitrogens with two attached hydrogens (primary N) is 1. The lowest BCUT2D eigenvalue weighted by Crippen LogP contribution is -2.22. The van der Waals surface area contributed by atoms with E-state index in [0.29, 0.717) is 22.3 Å². The molecule has 7 nitrogen and oxygen atoms in total.